The fraction of sp³-hybridized carbons (Fsp3) is 0.391. The predicted octanol–water partition coefficient (Wildman–Crippen LogP) is 1.98. The highest BCUT2D eigenvalue weighted by molar-refractivity contribution is 5.95. The van der Waals surface area contributed by atoms with Crippen molar-refractivity contribution < 1.29 is 14.5 Å². The Bertz CT molecular complexity index is 832. The maximum Gasteiger partial charge on any atom is 0.282 e. The van der Waals surface area contributed by atoms with Crippen molar-refractivity contribution in [3.63, 3.8) is 0 Å². The summed E-state index contributed by atoms with van der Waals surface area (Å²) in [5.41, 5.74) is 5.02. The maximum atomic E-state index is 12.8. The maximum absolute atomic E-state index is 12.8. The van der Waals surface area contributed by atoms with Crippen molar-refractivity contribution in [3.8, 4) is 0 Å². The monoisotopic (exact) mass is 380 g/mol. The Hall–Kier alpha value is -2.66. The molecular formula is C23H30N3O2+. The molecule has 2 amide bonds. The molecule has 2 aromatic rings. The summed E-state index contributed by atoms with van der Waals surface area (Å²) < 4.78 is 0. The molecule has 0 unspecified atom stereocenters. The normalized spacial score (nSPS) is 15.9. The van der Waals surface area contributed by atoms with Crippen LogP contribution in [0, 0.1) is 20.8 Å². The van der Waals surface area contributed by atoms with Crippen LogP contribution < -0.4 is 10.2 Å². The Labute approximate surface area is 167 Å². The average Bonchev–Trinajstić information content (AvgIpc) is 2.70. The van der Waals surface area contributed by atoms with E-state index in [-0.39, 0.29) is 17.9 Å². The summed E-state index contributed by atoms with van der Waals surface area (Å²) in [4.78, 5) is 28.5. The molecule has 0 saturated carbocycles. The summed E-state index contributed by atoms with van der Waals surface area (Å²) in [6.07, 6.45) is 0. The molecule has 1 aliphatic rings. The SMILES string of the molecule is Cc1cc(C)c(NC(=O)[C@@H](C)[NH+]2CCN(C(=O)c3ccccc3)CC2)c(C)c1. The minimum atomic E-state index is -0.158. The largest absolute Gasteiger partial charge is 0.327 e. The van der Waals surface area contributed by atoms with E-state index in [1.165, 1.54) is 10.5 Å². The molecule has 1 heterocycles. The molecule has 1 aliphatic heterocycles. The van der Waals surface area contributed by atoms with E-state index in [2.05, 4.69) is 24.4 Å². The number of piperazine rings is 1. The van der Waals surface area contributed by atoms with Gasteiger partial charge < -0.3 is 15.1 Å². The molecule has 0 aliphatic carbocycles. The third kappa shape index (κ3) is 4.42. The van der Waals surface area contributed by atoms with Crippen LogP contribution in [0.2, 0.25) is 0 Å². The number of hydrogen-bond acceptors (Lipinski definition) is 2. The van der Waals surface area contributed by atoms with Crippen molar-refractivity contribution >= 4 is 17.5 Å². The van der Waals surface area contributed by atoms with E-state index in [4.69, 9.17) is 0 Å². The third-order valence-electron chi connectivity index (χ3n) is 5.64. The van der Waals surface area contributed by atoms with Crippen molar-refractivity contribution in [1.82, 2.24) is 4.90 Å². The zero-order valence-electron chi connectivity index (χ0n) is 17.2. The topological polar surface area (TPSA) is 53.9 Å². The molecule has 1 atom stereocenters. The quantitative estimate of drug-likeness (QED) is 0.852. The first-order chi connectivity index (χ1) is 13.4. The molecule has 28 heavy (non-hydrogen) atoms. The number of anilines is 1. The lowest BCUT2D eigenvalue weighted by atomic mass is 10.0. The van der Waals surface area contributed by atoms with Gasteiger partial charge in [-0.15, -0.1) is 0 Å². The summed E-state index contributed by atoms with van der Waals surface area (Å²) in [6.45, 7) is 11.0. The molecule has 5 heteroatoms. The molecule has 0 spiro atoms. The molecule has 148 valence electrons. The fourth-order valence-electron chi connectivity index (χ4n) is 3.99. The van der Waals surface area contributed by atoms with Crippen LogP contribution in [0.1, 0.15) is 34.0 Å². The highest BCUT2D eigenvalue weighted by Gasteiger charge is 2.31. The fourth-order valence-corrected chi connectivity index (χ4v) is 3.99. The summed E-state index contributed by atoms with van der Waals surface area (Å²) in [6, 6.07) is 13.4. The first-order valence-corrected chi connectivity index (χ1v) is 9.94. The number of benzene rings is 2. The zero-order chi connectivity index (χ0) is 20.3. The Morgan fingerprint density at radius 2 is 1.57 bits per heavy atom. The summed E-state index contributed by atoms with van der Waals surface area (Å²) >= 11 is 0. The van der Waals surface area contributed by atoms with Crippen LogP contribution in [-0.4, -0.2) is 48.9 Å². The van der Waals surface area contributed by atoms with Gasteiger partial charge in [0.05, 0.1) is 26.2 Å². The van der Waals surface area contributed by atoms with Gasteiger partial charge in [0.2, 0.25) is 0 Å². The Morgan fingerprint density at radius 1 is 1.00 bits per heavy atom. The van der Waals surface area contributed by atoms with Crippen LogP contribution in [0.3, 0.4) is 0 Å². The molecule has 1 saturated heterocycles. The Morgan fingerprint density at radius 3 is 2.14 bits per heavy atom. The van der Waals surface area contributed by atoms with Crippen LogP contribution in [0.5, 0.6) is 0 Å². The van der Waals surface area contributed by atoms with Crippen molar-refractivity contribution in [2.45, 2.75) is 33.7 Å². The van der Waals surface area contributed by atoms with Crippen LogP contribution in [-0.2, 0) is 4.79 Å². The molecule has 5 nitrogen and oxygen atoms in total. The zero-order valence-corrected chi connectivity index (χ0v) is 17.2. The number of nitrogens with one attached hydrogen (secondary N) is 2. The van der Waals surface area contributed by atoms with Gasteiger partial charge in [0.1, 0.15) is 0 Å². The number of nitrogens with zero attached hydrogens (tertiary/aromatic N) is 1. The summed E-state index contributed by atoms with van der Waals surface area (Å²) in [7, 11) is 0. The lowest BCUT2D eigenvalue weighted by molar-refractivity contribution is -0.917. The number of rotatable bonds is 4. The lowest BCUT2D eigenvalue weighted by Gasteiger charge is -2.35. The van der Waals surface area contributed by atoms with E-state index in [0.717, 1.165) is 35.5 Å². The number of aryl methyl sites for hydroxylation is 3. The van der Waals surface area contributed by atoms with E-state index >= 15 is 0 Å². The molecule has 3 rings (SSSR count). The van der Waals surface area contributed by atoms with Gasteiger partial charge in [-0.05, 0) is 51.0 Å². The summed E-state index contributed by atoms with van der Waals surface area (Å²) in [5, 5.41) is 3.12. The molecule has 2 N–H and O–H groups in total. The second kappa shape index (κ2) is 8.57. The van der Waals surface area contributed by atoms with E-state index in [1.54, 1.807) is 0 Å². The van der Waals surface area contributed by atoms with Crippen LogP contribution >= 0.6 is 0 Å². The van der Waals surface area contributed by atoms with E-state index in [1.807, 2.05) is 56.0 Å². The van der Waals surface area contributed by atoms with Crippen molar-refractivity contribution in [1.29, 1.82) is 0 Å². The molecule has 1 fully saturated rings. The van der Waals surface area contributed by atoms with E-state index in [0.29, 0.717) is 13.1 Å². The van der Waals surface area contributed by atoms with Gasteiger partial charge in [0, 0.05) is 11.3 Å². The van der Waals surface area contributed by atoms with Crippen molar-refractivity contribution in [2.24, 2.45) is 0 Å². The second-order valence-electron chi connectivity index (χ2n) is 7.80. The van der Waals surface area contributed by atoms with Gasteiger partial charge in [0.25, 0.3) is 11.8 Å². The minimum Gasteiger partial charge on any atom is -0.327 e. The van der Waals surface area contributed by atoms with Crippen LogP contribution in [0.4, 0.5) is 5.69 Å². The molecular weight excluding hydrogens is 350 g/mol. The highest BCUT2D eigenvalue weighted by atomic mass is 16.2. The Kier molecular flexibility index (Phi) is 6.15. The van der Waals surface area contributed by atoms with Gasteiger partial charge >= 0.3 is 0 Å². The minimum absolute atomic E-state index is 0.0351. The number of hydrogen-bond donors (Lipinski definition) is 2. The van der Waals surface area contributed by atoms with Gasteiger partial charge in [0.15, 0.2) is 6.04 Å². The predicted molar refractivity (Wildman–Crippen MR) is 112 cm³/mol. The van der Waals surface area contributed by atoms with Crippen molar-refractivity contribution in [3.05, 3.63) is 64.7 Å². The number of amides is 2. The number of carbonyl (C=O) groups is 2. The molecule has 2 aromatic carbocycles. The Balaban J connectivity index is 1.58. The summed E-state index contributed by atoms with van der Waals surface area (Å²) in [5.74, 6) is 0.107. The van der Waals surface area contributed by atoms with Crippen LogP contribution in [0.25, 0.3) is 0 Å². The standard InChI is InChI=1S/C23H29N3O2/c1-16-14-17(2)21(18(3)15-16)24-22(27)19(4)25-10-12-26(13-11-25)23(28)20-8-6-5-7-9-20/h5-9,14-15,19H,10-13H2,1-4H3,(H,24,27)/p+1/t19-/m1/s1. The molecule has 0 aromatic heterocycles. The first kappa shape index (κ1) is 20.1. The van der Waals surface area contributed by atoms with E-state index < -0.39 is 0 Å². The number of carbonyl (C=O) groups excluding carboxylic acids is 2. The third-order valence-corrected chi connectivity index (χ3v) is 5.64. The number of quaternary nitrogens is 1. The average molecular weight is 381 g/mol. The molecule has 0 bridgehead atoms. The van der Waals surface area contributed by atoms with Gasteiger partial charge in [-0.2, -0.15) is 0 Å². The van der Waals surface area contributed by atoms with Gasteiger partial charge in [-0.1, -0.05) is 35.9 Å². The van der Waals surface area contributed by atoms with Crippen molar-refractivity contribution in [2.75, 3.05) is 31.5 Å². The first-order valence-electron chi connectivity index (χ1n) is 9.94. The molecule has 0 radical (unpaired) electrons. The van der Waals surface area contributed by atoms with Gasteiger partial charge in [-0.3, -0.25) is 9.59 Å². The van der Waals surface area contributed by atoms with E-state index in [9.17, 15) is 9.59 Å². The lowest BCUT2D eigenvalue weighted by Crippen LogP contribution is -3.19. The van der Waals surface area contributed by atoms with Gasteiger partial charge in [-0.25, -0.2) is 0 Å². The highest BCUT2D eigenvalue weighted by Crippen LogP contribution is 2.21. The second-order valence-corrected chi connectivity index (χ2v) is 7.80. The smallest absolute Gasteiger partial charge is 0.282 e. The van der Waals surface area contributed by atoms with Crippen LogP contribution in [0.15, 0.2) is 42.5 Å².